The molecule has 60 heavy (non-hydrogen) atoms. The van der Waals surface area contributed by atoms with E-state index < -0.39 is 26.5 Å². The molecule has 0 fully saturated rings. The Morgan fingerprint density at radius 1 is 0.450 bits per heavy atom. The zero-order valence-electron chi connectivity index (χ0n) is 39.6. The Labute approximate surface area is 371 Å². The van der Waals surface area contributed by atoms with Crippen LogP contribution in [0.5, 0.6) is 0 Å². The quantitative estimate of drug-likeness (QED) is 0.0279. The maximum Gasteiger partial charge on any atom is 0.472 e. The number of hydrogen-bond acceptors (Lipinski definition) is 7. The summed E-state index contributed by atoms with van der Waals surface area (Å²) in [6, 6.07) is 0. The number of rotatable bonds is 48. The molecule has 0 amide bonds. The molecule has 354 valence electrons. The molecule has 0 rings (SSSR count). The van der Waals surface area contributed by atoms with E-state index in [1.54, 1.807) is 0 Å². The van der Waals surface area contributed by atoms with Crippen molar-refractivity contribution >= 4 is 19.8 Å². The lowest BCUT2D eigenvalue weighted by Crippen LogP contribution is -2.29. The Morgan fingerprint density at radius 3 is 1.08 bits per heavy atom. The van der Waals surface area contributed by atoms with Crippen LogP contribution in [0.2, 0.25) is 0 Å². The molecule has 8 nitrogen and oxygen atoms in total. The molecule has 0 aliphatic heterocycles. The first-order valence-corrected chi connectivity index (χ1v) is 27.0. The number of hydrogen-bond donors (Lipinski definition) is 1. The minimum atomic E-state index is -4.27. The van der Waals surface area contributed by atoms with Crippen LogP contribution in [-0.2, 0) is 32.7 Å². The van der Waals surface area contributed by atoms with Gasteiger partial charge >= 0.3 is 19.8 Å². The van der Waals surface area contributed by atoms with Crippen molar-refractivity contribution in [2.45, 2.75) is 270 Å². The normalized spacial score (nSPS) is 13.3. The molecule has 1 N–H and O–H groups in total. The van der Waals surface area contributed by atoms with Crippen LogP contribution in [-0.4, -0.2) is 43.3 Å². The number of phosphoric acid groups is 1. The SMILES string of the molecule is CCCCCCCCC/C=C\CCCCCCCCCC(=O)OCC(COP(=O)(O)OC)OC(=O)CCCCCCCCCCCCC/C=C\CCCCCCCCCC. The fourth-order valence-electron chi connectivity index (χ4n) is 7.47. The minimum absolute atomic E-state index is 0.224. The first kappa shape index (κ1) is 58.5. The third kappa shape index (κ3) is 46.0. The molecule has 0 heterocycles. The van der Waals surface area contributed by atoms with Gasteiger partial charge in [0.15, 0.2) is 6.10 Å². The van der Waals surface area contributed by atoms with Gasteiger partial charge in [0.05, 0.1) is 6.61 Å². The minimum Gasteiger partial charge on any atom is -0.462 e. The van der Waals surface area contributed by atoms with Gasteiger partial charge in [0.1, 0.15) is 6.61 Å². The summed E-state index contributed by atoms with van der Waals surface area (Å²) in [7, 11) is -3.20. The molecule has 0 aliphatic carbocycles. The standard InChI is InChI=1S/C51H97O8P/c1-4-6-8-10-12-14-16-18-20-22-24-25-26-27-28-30-32-34-36-38-40-42-44-46-51(53)59-49(48-58-60(54,55)56-3)47-57-50(52)45-43-41-39-37-35-33-31-29-23-21-19-17-15-13-11-9-7-5-2/h21-24,49H,4-20,25-48H2,1-3H3,(H,54,55)/b23-21-,24-22-. The van der Waals surface area contributed by atoms with Gasteiger partial charge in [0, 0.05) is 20.0 Å². The predicted octanol–water partition coefficient (Wildman–Crippen LogP) is 16.6. The number of carbonyl (C=O) groups excluding carboxylic acids is 2. The number of unbranched alkanes of at least 4 members (excludes halogenated alkanes) is 33. The summed E-state index contributed by atoms with van der Waals surface area (Å²) in [6.45, 7) is 3.92. The van der Waals surface area contributed by atoms with Crippen molar-refractivity contribution in [3.63, 3.8) is 0 Å². The molecule has 0 aliphatic rings. The zero-order chi connectivity index (χ0) is 43.9. The monoisotopic (exact) mass is 869 g/mol. The molecule has 0 saturated heterocycles. The topological polar surface area (TPSA) is 108 Å². The second-order valence-corrected chi connectivity index (χ2v) is 18.9. The fourth-order valence-corrected chi connectivity index (χ4v) is 7.93. The number of ether oxygens (including phenoxy) is 2. The number of esters is 2. The second-order valence-electron chi connectivity index (χ2n) is 17.3. The zero-order valence-corrected chi connectivity index (χ0v) is 40.5. The molecule has 0 saturated carbocycles. The average Bonchev–Trinajstić information content (AvgIpc) is 3.24. The molecular formula is C51H97O8P. The van der Waals surface area contributed by atoms with E-state index in [1.807, 2.05) is 0 Å². The van der Waals surface area contributed by atoms with Gasteiger partial charge in [-0.15, -0.1) is 0 Å². The highest BCUT2D eigenvalue weighted by molar-refractivity contribution is 7.47. The largest absolute Gasteiger partial charge is 0.472 e. The molecule has 2 atom stereocenters. The molecule has 0 radical (unpaired) electrons. The highest BCUT2D eigenvalue weighted by Gasteiger charge is 2.24. The van der Waals surface area contributed by atoms with E-state index in [0.29, 0.717) is 12.8 Å². The van der Waals surface area contributed by atoms with E-state index in [9.17, 15) is 19.0 Å². The Hall–Kier alpha value is -1.47. The van der Waals surface area contributed by atoms with Crippen LogP contribution in [0.1, 0.15) is 264 Å². The second kappa shape index (κ2) is 47.0. The van der Waals surface area contributed by atoms with Gasteiger partial charge in [0.25, 0.3) is 0 Å². The Bertz CT molecular complexity index is 1030. The van der Waals surface area contributed by atoms with Crippen molar-refractivity contribution in [1.82, 2.24) is 0 Å². The lowest BCUT2D eigenvalue weighted by Gasteiger charge is -2.19. The van der Waals surface area contributed by atoms with Crippen LogP contribution in [0.3, 0.4) is 0 Å². The number of carbonyl (C=O) groups is 2. The van der Waals surface area contributed by atoms with Crippen molar-refractivity contribution in [2.24, 2.45) is 0 Å². The maximum atomic E-state index is 12.6. The summed E-state index contributed by atoms with van der Waals surface area (Å²) in [5.41, 5.74) is 0. The lowest BCUT2D eigenvalue weighted by atomic mass is 10.0. The van der Waals surface area contributed by atoms with Gasteiger partial charge in [-0.1, -0.05) is 212 Å². The highest BCUT2D eigenvalue weighted by atomic mass is 31.2. The van der Waals surface area contributed by atoms with E-state index >= 15 is 0 Å². The van der Waals surface area contributed by atoms with Crippen molar-refractivity contribution in [1.29, 1.82) is 0 Å². The van der Waals surface area contributed by atoms with E-state index in [0.717, 1.165) is 39.2 Å². The van der Waals surface area contributed by atoms with Crippen molar-refractivity contribution in [3.8, 4) is 0 Å². The van der Waals surface area contributed by atoms with Gasteiger partial charge < -0.3 is 14.4 Å². The van der Waals surface area contributed by atoms with Crippen molar-refractivity contribution < 1.29 is 37.6 Å². The van der Waals surface area contributed by atoms with Gasteiger partial charge in [-0.25, -0.2) is 4.57 Å². The van der Waals surface area contributed by atoms with E-state index in [4.69, 9.17) is 14.0 Å². The Kier molecular flexibility index (Phi) is 45.9. The summed E-state index contributed by atoms with van der Waals surface area (Å²) in [5, 5.41) is 0. The van der Waals surface area contributed by atoms with Gasteiger partial charge in [-0.05, 0) is 64.2 Å². The van der Waals surface area contributed by atoms with Crippen LogP contribution in [0, 0.1) is 0 Å². The van der Waals surface area contributed by atoms with Crippen LogP contribution in [0.4, 0.5) is 0 Å². The van der Waals surface area contributed by atoms with Crippen LogP contribution < -0.4 is 0 Å². The Balaban J connectivity index is 3.88. The predicted molar refractivity (Wildman–Crippen MR) is 253 cm³/mol. The maximum absolute atomic E-state index is 12.6. The fraction of sp³-hybridized carbons (Fsp3) is 0.882. The average molecular weight is 869 g/mol. The summed E-state index contributed by atoms with van der Waals surface area (Å²) >= 11 is 0. The Morgan fingerprint density at radius 2 is 0.750 bits per heavy atom. The van der Waals surface area contributed by atoms with Crippen molar-refractivity contribution in [3.05, 3.63) is 24.3 Å². The molecule has 9 heteroatoms. The number of phosphoric ester groups is 1. The molecule has 0 bridgehead atoms. The van der Waals surface area contributed by atoms with Gasteiger partial charge in [-0.3, -0.25) is 18.6 Å². The molecule has 0 aromatic rings. The third-order valence-electron chi connectivity index (χ3n) is 11.4. The van der Waals surface area contributed by atoms with Crippen molar-refractivity contribution in [2.75, 3.05) is 20.3 Å². The highest BCUT2D eigenvalue weighted by Crippen LogP contribution is 2.42. The third-order valence-corrected chi connectivity index (χ3v) is 12.4. The van der Waals surface area contributed by atoms with Crippen LogP contribution >= 0.6 is 7.82 Å². The molecule has 0 aromatic heterocycles. The summed E-state index contributed by atoms with van der Waals surface area (Å²) < 4.78 is 32.1. The first-order chi connectivity index (χ1) is 29.3. The summed E-state index contributed by atoms with van der Waals surface area (Å²) in [5.74, 6) is -0.797. The van der Waals surface area contributed by atoms with E-state index in [2.05, 4.69) is 42.7 Å². The van der Waals surface area contributed by atoms with Gasteiger partial charge in [0.2, 0.25) is 0 Å². The molecule has 0 aromatic carbocycles. The van der Waals surface area contributed by atoms with Crippen LogP contribution in [0.15, 0.2) is 24.3 Å². The van der Waals surface area contributed by atoms with E-state index in [1.165, 1.54) is 199 Å². The molecule has 0 spiro atoms. The van der Waals surface area contributed by atoms with Crippen LogP contribution in [0.25, 0.3) is 0 Å². The number of allylic oxidation sites excluding steroid dienone is 4. The smallest absolute Gasteiger partial charge is 0.462 e. The molecular weight excluding hydrogens is 772 g/mol. The summed E-state index contributed by atoms with van der Waals surface area (Å²) in [6.07, 6.45) is 55.3. The first-order valence-electron chi connectivity index (χ1n) is 25.5. The van der Waals surface area contributed by atoms with Gasteiger partial charge in [-0.2, -0.15) is 0 Å². The van der Waals surface area contributed by atoms with E-state index in [-0.39, 0.29) is 19.0 Å². The lowest BCUT2D eigenvalue weighted by molar-refractivity contribution is -0.161. The summed E-state index contributed by atoms with van der Waals surface area (Å²) in [4.78, 5) is 34.6. The molecule has 2 unspecified atom stereocenters.